The summed E-state index contributed by atoms with van der Waals surface area (Å²) in [4.78, 5) is 2.43. The van der Waals surface area contributed by atoms with Gasteiger partial charge in [-0.2, -0.15) is 0 Å². The van der Waals surface area contributed by atoms with Gasteiger partial charge >= 0.3 is 0 Å². The number of unbranched alkanes of at least 4 members (excludes halogenated alkanes) is 1. The van der Waals surface area contributed by atoms with Crippen molar-refractivity contribution in [3.05, 3.63) is 59.5 Å². The molecule has 3 heterocycles. The van der Waals surface area contributed by atoms with Gasteiger partial charge in [-0.1, -0.05) is 37.6 Å². The van der Waals surface area contributed by atoms with E-state index in [4.69, 9.17) is 0 Å². The number of hydrogen-bond donors (Lipinski definition) is 4. The molecular weight excluding hydrogens is 334 g/mol. The van der Waals surface area contributed by atoms with E-state index in [1.165, 1.54) is 41.2 Å². The van der Waals surface area contributed by atoms with Crippen LogP contribution in [-0.4, -0.2) is 50.2 Å². The van der Waals surface area contributed by atoms with Crippen LogP contribution < -0.4 is 21.3 Å². The summed E-state index contributed by atoms with van der Waals surface area (Å²) in [5.41, 5.74) is 5.10. The van der Waals surface area contributed by atoms with E-state index < -0.39 is 0 Å². The van der Waals surface area contributed by atoms with E-state index in [9.17, 15) is 0 Å². The minimum atomic E-state index is 0.220. The Kier molecular flexibility index (Phi) is 5.68. The molecule has 1 atom stereocenters. The lowest BCUT2D eigenvalue weighted by molar-refractivity contribution is 0.281. The number of hydrogen-bond acceptors (Lipinski definition) is 5. The molecule has 0 spiro atoms. The van der Waals surface area contributed by atoms with Crippen LogP contribution in [0, 0.1) is 0 Å². The molecule has 1 aromatic rings. The average molecular weight is 366 g/mol. The van der Waals surface area contributed by atoms with Crippen LogP contribution in [0.4, 0.5) is 5.69 Å². The molecule has 3 aliphatic heterocycles. The molecule has 4 rings (SSSR count). The number of nitrogens with zero attached hydrogens (tertiary/aromatic N) is 1. The van der Waals surface area contributed by atoms with Gasteiger partial charge in [0.15, 0.2) is 0 Å². The minimum absolute atomic E-state index is 0.220. The van der Waals surface area contributed by atoms with Gasteiger partial charge in [0.05, 0.1) is 6.04 Å². The number of benzene rings is 1. The monoisotopic (exact) mass is 365 g/mol. The van der Waals surface area contributed by atoms with E-state index in [0.717, 1.165) is 39.3 Å². The molecule has 3 aliphatic rings. The molecule has 0 saturated carbocycles. The van der Waals surface area contributed by atoms with Crippen LogP contribution >= 0.6 is 0 Å². The predicted molar refractivity (Wildman–Crippen MR) is 113 cm³/mol. The number of dihydropyridines is 1. The number of nitrogens with one attached hydrogen (secondary N) is 4. The van der Waals surface area contributed by atoms with E-state index in [1.807, 2.05) is 0 Å². The first-order valence-corrected chi connectivity index (χ1v) is 10.3. The molecule has 0 amide bonds. The average Bonchev–Trinajstić information content (AvgIpc) is 2.74. The van der Waals surface area contributed by atoms with Crippen LogP contribution in [0.5, 0.6) is 0 Å². The summed E-state index contributed by atoms with van der Waals surface area (Å²) in [6, 6.07) is 8.81. The SMILES string of the molecule is CCCCNC1=CC(C2=CC=C(N3CCNCC3)NC2)Nc2ccccc21. The third-order valence-electron chi connectivity index (χ3n) is 5.49. The maximum Gasteiger partial charge on any atom is 0.102 e. The quantitative estimate of drug-likeness (QED) is 0.584. The van der Waals surface area contributed by atoms with E-state index in [2.05, 4.69) is 75.6 Å². The number of anilines is 1. The molecule has 5 heteroatoms. The molecule has 4 N–H and O–H groups in total. The Morgan fingerprint density at radius 3 is 2.78 bits per heavy atom. The zero-order valence-electron chi connectivity index (χ0n) is 16.2. The molecule has 1 saturated heterocycles. The highest BCUT2D eigenvalue weighted by molar-refractivity contribution is 5.80. The smallest absolute Gasteiger partial charge is 0.102 e. The standard InChI is InChI=1S/C22H31N5/c1-2-3-10-24-21-15-20(26-19-7-5-4-6-18(19)21)17-8-9-22(25-16-17)27-13-11-23-12-14-27/h4-9,15,20,23-26H,2-3,10-14,16H2,1H3. The molecule has 0 aromatic heterocycles. The summed E-state index contributed by atoms with van der Waals surface area (Å²) in [6.45, 7) is 8.40. The molecule has 0 bridgehead atoms. The van der Waals surface area contributed by atoms with Gasteiger partial charge in [0.1, 0.15) is 5.82 Å². The van der Waals surface area contributed by atoms with Gasteiger partial charge in [-0.05, 0) is 30.2 Å². The van der Waals surface area contributed by atoms with Crippen molar-refractivity contribution in [1.29, 1.82) is 0 Å². The number of rotatable bonds is 6. The summed E-state index contributed by atoms with van der Waals surface area (Å²) in [5, 5.41) is 14.4. The number of piperazine rings is 1. The van der Waals surface area contributed by atoms with E-state index in [-0.39, 0.29) is 6.04 Å². The molecular formula is C22H31N5. The second-order valence-corrected chi connectivity index (χ2v) is 7.41. The van der Waals surface area contributed by atoms with Crippen molar-refractivity contribution in [2.24, 2.45) is 0 Å². The summed E-state index contributed by atoms with van der Waals surface area (Å²) in [7, 11) is 0. The Labute approximate surface area is 162 Å². The van der Waals surface area contributed by atoms with E-state index in [1.54, 1.807) is 0 Å². The van der Waals surface area contributed by atoms with Gasteiger partial charge in [-0.15, -0.1) is 0 Å². The van der Waals surface area contributed by atoms with Gasteiger partial charge < -0.3 is 26.2 Å². The molecule has 1 unspecified atom stereocenters. The summed E-state index contributed by atoms with van der Waals surface area (Å²) >= 11 is 0. The first-order chi connectivity index (χ1) is 13.3. The van der Waals surface area contributed by atoms with E-state index >= 15 is 0 Å². The van der Waals surface area contributed by atoms with Gasteiger partial charge in [0, 0.05) is 56.2 Å². The van der Waals surface area contributed by atoms with Crippen molar-refractivity contribution >= 4 is 11.4 Å². The van der Waals surface area contributed by atoms with Crippen LogP contribution in [0.2, 0.25) is 0 Å². The highest BCUT2D eigenvalue weighted by atomic mass is 15.3. The van der Waals surface area contributed by atoms with Gasteiger partial charge in [-0.25, -0.2) is 0 Å². The topological polar surface area (TPSA) is 51.4 Å². The van der Waals surface area contributed by atoms with Crippen LogP contribution in [0.1, 0.15) is 25.3 Å². The lowest BCUT2D eigenvalue weighted by atomic mass is 9.96. The van der Waals surface area contributed by atoms with Crippen LogP contribution in [-0.2, 0) is 0 Å². The fourth-order valence-electron chi connectivity index (χ4n) is 3.90. The maximum absolute atomic E-state index is 3.70. The van der Waals surface area contributed by atoms with Crippen molar-refractivity contribution in [3.8, 4) is 0 Å². The largest absolute Gasteiger partial charge is 0.385 e. The number of para-hydroxylation sites is 1. The first kappa shape index (κ1) is 18.0. The van der Waals surface area contributed by atoms with Crippen molar-refractivity contribution in [3.63, 3.8) is 0 Å². The highest BCUT2D eigenvalue weighted by Crippen LogP contribution is 2.30. The Bertz CT molecular complexity index is 743. The van der Waals surface area contributed by atoms with Gasteiger partial charge in [0.2, 0.25) is 0 Å². The van der Waals surface area contributed by atoms with Gasteiger partial charge in [0.25, 0.3) is 0 Å². The fraction of sp³-hybridized carbons (Fsp3) is 0.455. The normalized spacial score (nSPS) is 21.9. The molecule has 1 fully saturated rings. The van der Waals surface area contributed by atoms with Crippen LogP contribution in [0.3, 0.4) is 0 Å². The Morgan fingerprint density at radius 1 is 1.15 bits per heavy atom. The van der Waals surface area contributed by atoms with Crippen molar-refractivity contribution in [2.75, 3.05) is 44.6 Å². The molecule has 0 radical (unpaired) electrons. The Balaban J connectivity index is 1.52. The number of allylic oxidation sites excluding steroid dienone is 2. The molecule has 144 valence electrons. The predicted octanol–water partition coefficient (Wildman–Crippen LogP) is 2.49. The van der Waals surface area contributed by atoms with Crippen molar-refractivity contribution in [2.45, 2.75) is 25.8 Å². The summed E-state index contributed by atoms with van der Waals surface area (Å²) in [5.74, 6) is 1.25. The zero-order valence-corrected chi connectivity index (χ0v) is 16.2. The summed E-state index contributed by atoms with van der Waals surface area (Å²) in [6.07, 6.45) is 9.27. The van der Waals surface area contributed by atoms with Crippen molar-refractivity contribution < 1.29 is 0 Å². The van der Waals surface area contributed by atoms with Gasteiger partial charge in [-0.3, -0.25) is 0 Å². The molecule has 1 aromatic carbocycles. The Morgan fingerprint density at radius 2 is 2.00 bits per heavy atom. The fourth-order valence-corrected chi connectivity index (χ4v) is 3.90. The first-order valence-electron chi connectivity index (χ1n) is 10.3. The van der Waals surface area contributed by atoms with Crippen molar-refractivity contribution in [1.82, 2.24) is 20.9 Å². The minimum Gasteiger partial charge on any atom is -0.385 e. The maximum atomic E-state index is 3.70. The molecule has 27 heavy (non-hydrogen) atoms. The lowest BCUT2D eigenvalue weighted by Crippen LogP contribution is -2.47. The number of fused-ring (bicyclic) bond motifs is 1. The zero-order chi connectivity index (χ0) is 18.5. The lowest BCUT2D eigenvalue weighted by Gasteiger charge is -2.35. The van der Waals surface area contributed by atoms with E-state index in [0.29, 0.717) is 0 Å². The second kappa shape index (κ2) is 8.53. The molecule has 0 aliphatic carbocycles. The van der Waals surface area contributed by atoms with Crippen LogP contribution in [0.25, 0.3) is 5.70 Å². The Hall–Kier alpha value is -2.40. The third kappa shape index (κ3) is 4.14. The second-order valence-electron chi connectivity index (χ2n) is 7.41. The highest BCUT2D eigenvalue weighted by Gasteiger charge is 2.23. The molecule has 5 nitrogen and oxygen atoms in total. The summed E-state index contributed by atoms with van der Waals surface area (Å²) < 4.78 is 0. The van der Waals surface area contributed by atoms with Crippen LogP contribution in [0.15, 0.2) is 53.9 Å². The third-order valence-corrected chi connectivity index (χ3v) is 5.49.